The Balaban J connectivity index is 2.18. The summed E-state index contributed by atoms with van der Waals surface area (Å²) < 4.78 is 0. The van der Waals surface area contributed by atoms with E-state index in [9.17, 15) is 0 Å². The minimum atomic E-state index is -0.157. The first-order valence-corrected chi connectivity index (χ1v) is 7.28. The maximum Gasteiger partial charge on any atom is 0.0821 e. The molecule has 2 aromatic rings. The Morgan fingerprint density at radius 3 is 1.90 bits per heavy atom. The van der Waals surface area contributed by atoms with Crippen LogP contribution in [-0.2, 0) is 5.41 Å². The molecule has 21 heavy (non-hydrogen) atoms. The quantitative estimate of drug-likeness (QED) is 0.640. The van der Waals surface area contributed by atoms with Crippen molar-refractivity contribution in [1.82, 2.24) is 0 Å². The monoisotopic (exact) mass is 277 g/mol. The van der Waals surface area contributed by atoms with E-state index in [1.54, 1.807) is 0 Å². The average Bonchev–Trinajstić information content (AvgIpc) is 2.56. The molecule has 1 N–H and O–H groups in total. The van der Waals surface area contributed by atoms with Gasteiger partial charge in [0.25, 0.3) is 0 Å². The number of benzene rings is 2. The van der Waals surface area contributed by atoms with Crippen LogP contribution >= 0.6 is 0 Å². The fourth-order valence-electron chi connectivity index (χ4n) is 3.25. The van der Waals surface area contributed by atoms with Gasteiger partial charge in [0.2, 0.25) is 0 Å². The molecule has 0 heterocycles. The van der Waals surface area contributed by atoms with Crippen molar-refractivity contribution < 1.29 is 5.21 Å². The van der Waals surface area contributed by atoms with Crippen LogP contribution in [0.15, 0.2) is 78.0 Å². The first-order chi connectivity index (χ1) is 10.3. The average molecular weight is 277 g/mol. The molecule has 0 amide bonds. The summed E-state index contributed by atoms with van der Waals surface area (Å²) in [6, 6.07) is 21.1. The zero-order valence-corrected chi connectivity index (χ0v) is 12.1. The van der Waals surface area contributed by atoms with Crippen LogP contribution in [0.25, 0.3) is 0 Å². The predicted octanol–water partition coefficient (Wildman–Crippen LogP) is 4.40. The fourth-order valence-corrected chi connectivity index (χ4v) is 3.25. The number of hydrogen-bond donors (Lipinski definition) is 1. The van der Waals surface area contributed by atoms with Crippen molar-refractivity contribution in [2.45, 2.75) is 18.8 Å². The highest BCUT2D eigenvalue weighted by molar-refractivity contribution is 5.97. The van der Waals surface area contributed by atoms with Crippen molar-refractivity contribution in [2.75, 3.05) is 0 Å². The lowest BCUT2D eigenvalue weighted by atomic mass is 9.66. The summed E-state index contributed by atoms with van der Waals surface area (Å²) >= 11 is 0. The zero-order chi connectivity index (χ0) is 14.7. The first kappa shape index (κ1) is 13.6. The molecule has 0 radical (unpaired) electrons. The van der Waals surface area contributed by atoms with Gasteiger partial charge in [0.15, 0.2) is 0 Å². The lowest BCUT2D eigenvalue weighted by Crippen LogP contribution is -2.33. The van der Waals surface area contributed by atoms with Gasteiger partial charge in [0.1, 0.15) is 0 Å². The molecule has 0 saturated heterocycles. The molecule has 0 aromatic heterocycles. The van der Waals surface area contributed by atoms with Crippen molar-refractivity contribution in [3.05, 3.63) is 83.9 Å². The second-order valence-corrected chi connectivity index (χ2v) is 5.67. The SMILES string of the molecule is CC1CC(c2ccccc2)(c2ccccc2)C=CC1=NO. The zero-order valence-electron chi connectivity index (χ0n) is 12.1. The first-order valence-electron chi connectivity index (χ1n) is 7.28. The Bertz CT molecular complexity index is 619. The summed E-state index contributed by atoms with van der Waals surface area (Å²) in [6.07, 6.45) is 5.03. The lowest BCUT2D eigenvalue weighted by molar-refractivity contribution is 0.313. The van der Waals surface area contributed by atoms with E-state index in [2.05, 4.69) is 66.7 Å². The van der Waals surface area contributed by atoms with Crippen molar-refractivity contribution in [3.8, 4) is 0 Å². The topological polar surface area (TPSA) is 32.6 Å². The van der Waals surface area contributed by atoms with E-state index >= 15 is 0 Å². The minimum Gasteiger partial charge on any atom is -0.411 e. The van der Waals surface area contributed by atoms with Gasteiger partial charge >= 0.3 is 0 Å². The Kier molecular flexibility index (Phi) is 3.61. The van der Waals surface area contributed by atoms with Crippen LogP contribution in [0.3, 0.4) is 0 Å². The Morgan fingerprint density at radius 1 is 0.952 bits per heavy atom. The molecule has 0 fully saturated rings. The Morgan fingerprint density at radius 2 is 1.48 bits per heavy atom. The molecule has 1 unspecified atom stereocenters. The van der Waals surface area contributed by atoms with Gasteiger partial charge in [-0.2, -0.15) is 0 Å². The molecule has 3 rings (SSSR count). The third kappa shape index (κ3) is 2.38. The van der Waals surface area contributed by atoms with Crippen LogP contribution in [0.1, 0.15) is 24.5 Å². The summed E-state index contributed by atoms with van der Waals surface area (Å²) in [5, 5.41) is 12.5. The largest absolute Gasteiger partial charge is 0.411 e. The highest BCUT2D eigenvalue weighted by Gasteiger charge is 2.37. The normalized spacial score (nSPS) is 22.3. The van der Waals surface area contributed by atoms with Gasteiger partial charge in [-0.15, -0.1) is 0 Å². The van der Waals surface area contributed by atoms with Crippen LogP contribution in [0.2, 0.25) is 0 Å². The standard InChI is InChI=1S/C19H19NO/c1-15-14-19(13-12-18(15)20-21,16-8-4-2-5-9-16)17-10-6-3-7-11-17/h2-13,15,21H,14H2,1H3. The predicted molar refractivity (Wildman–Crippen MR) is 85.8 cm³/mol. The molecule has 106 valence electrons. The van der Waals surface area contributed by atoms with Crippen molar-refractivity contribution in [1.29, 1.82) is 0 Å². The Labute approximate surface area is 125 Å². The van der Waals surface area contributed by atoms with E-state index in [1.807, 2.05) is 18.2 Å². The van der Waals surface area contributed by atoms with Crippen LogP contribution in [0, 0.1) is 5.92 Å². The van der Waals surface area contributed by atoms with E-state index in [0.717, 1.165) is 12.1 Å². The molecule has 0 spiro atoms. The van der Waals surface area contributed by atoms with Gasteiger partial charge in [0, 0.05) is 11.3 Å². The van der Waals surface area contributed by atoms with Crippen LogP contribution < -0.4 is 0 Å². The molecular formula is C19H19NO. The summed E-state index contributed by atoms with van der Waals surface area (Å²) in [4.78, 5) is 0. The molecule has 0 saturated carbocycles. The Hall–Kier alpha value is -2.35. The molecule has 0 aliphatic heterocycles. The highest BCUT2D eigenvalue weighted by atomic mass is 16.4. The third-order valence-corrected chi connectivity index (χ3v) is 4.36. The highest BCUT2D eigenvalue weighted by Crippen LogP contribution is 2.42. The molecule has 0 bridgehead atoms. The maximum absolute atomic E-state index is 9.11. The van der Waals surface area contributed by atoms with E-state index in [0.29, 0.717) is 0 Å². The van der Waals surface area contributed by atoms with Gasteiger partial charge in [-0.05, 0) is 23.6 Å². The van der Waals surface area contributed by atoms with Gasteiger partial charge in [-0.1, -0.05) is 78.8 Å². The second-order valence-electron chi connectivity index (χ2n) is 5.67. The van der Waals surface area contributed by atoms with E-state index < -0.39 is 0 Å². The number of hydrogen-bond acceptors (Lipinski definition) is 2. The molecule has 1 aliphatic carbocycles. The van der Waals surface area contributed by atoms with Crippen LogP contribution in [0.5, 0.6) is 0 Å². The molecule has 1 aliphatic rings. The summed E-state index contributed by atoms with van der Waals surface area (Å²) in [6.45, 7) is 2.11. The minimum absolute atomic E-state index is 0.157. The number of allylic oxidation sites excluding steroid dienone is 2. The molecule has 2 aromatic carbocycles. The van der Waals surface area contributed by atoms with Gasteiger partial charge in [-0.3, -0.25) is 0 Å². The van der Waals surface area contributed by atoms with Gasteiger partial charge in [-0.25, -0.2) is 0 Å². The number of nitrogens with zero attached hydrogens (tertiary/aromatic N) is 1. The molecule has 2 heteroatoms. The van der Waals surface area contributed by atoms with Crippen molar-refractivity contribution in [2.24, 2.45) is 11.1 Å². The molecular weight excluding hydrogens is 258 g/mol. The fraction of sp³-hybridized carbons (Fsp3) is 0.211. The summed E-state index contributed by atoms with van der Waals surface area (Å²) in [5.74, 6) is 0.209. The number of oxime groups is 1. The van der Waals surface area contributed by atoms with E-state index in [-0.39, 0.29) is 11.3 Å². The second kappa shape index (κ2) is 5.57. The maximum atomic E-state index is 9.11. The van der Waals surface area contributed by atoms with E-state index in [4.69, 9.17) is 5.21 Å². The van der Waals surface area contributed by atoms with Crippen molar-refractivity contribution >= 4 is 5.71 Å². The molecule has 1 atom stereocenters. The lowest BCUT2D eigenvalue weighted by Gasteiger charge is -2.37. The summed E-state index contributed by atoms with van der Waals surface area (Å²) in [7, 11) is 0. The van der Waals surface area contributed by atoms with Crippen LogP contribution in [-0.4, -0.2) is 10.9 Å². The molecule has 2 nitrogen and oxygen atoms in total. The summed E-state index contributed by atoms with van der Waals surface area (Å²) in [5.41, 5.74) is 3.14. The van der Waals surface area contributed by atoms with Gasteiger partial charge < -0.3 is 5.21 Å². The number of rotatable bonds is 2. The van der Waals surface area contributed by atoms with E-state index in [1.165, 1.54) is 11.1 Å². The smallest absolute Gasteiger partial charge is 0.0821 e. The van der Waals surface area contributed by atoms with Crippen molar-refractivity contribution in [3.63, 3.8) is 0 Å². The van der Waals surface area contributed by atoms with Gasteiger partial charge in [0.05, 0.1) is 5.71 Å². The van der Waals surface area contributed by atoms with Crippen LogP contribution in [0.4, 0.5) is 0 Å². The third-order valence-electron chi connectivity index (χ3n) is 4.36.